The van der Waals surface area contributed by atoms with Crippen molar-refractivity contribution in [1.82, 2.24) is 19.9 Å². The molecule has 27 heavy (non-hydrogen) atoms. The molecular formula is C20H21N5O2. The molecule has 0 bridgehead atoms. The van der Waals surface area contributed by atoms with Crippen LogP contribution >= 0.6 is 0 Å². The molecule has 2 N–H and O–H groups in total. The van der Waals surface area contributed by atoms with E-state index in [0.29, 0.717) is 13.2 Å². The van der Waals surface area contributed by atoms with Crippen LogP contribution in [0.15, 0.2) is 55.0 Å². The van der Waals surface area contributed by atoms with E-state index in [1.54, 1.807) is 17.4 Å². The van der Waals surface area contributed by atoms with Crippen molar-refractivity contribution in [2.24, 2.45) is 0 Å². The second-order valence-electron chi connectivity index (χ2n) is 6.25. The van der Waals surface area contributed by atoms with Crippen molar-refractivity contribution in [3.63, 3.8) is 0 Å². The van der Waals surface area contributed by atoms with Gasteiger partial charge in [0.05, 0.1) is 24.3 Å². The van der Waals surface area contributed by atoms with E-state index in [4.69, 9.17) is 4.74 Å². The summed E-state index contributed by atoms with van der Waals surface area (Å²) in [5.41, 5.74) is 3.42. The first-order chi connectivity index (χ1) is 13.3. The predicted octanol–water partition coefficient (Wildman–Crippen LogP) is 3.38. The number of hydrogen-bond acceptors (Lipinski definition) is 4. The normalized spacial score (nSPS) is 15.9. The maximum Gasteiger partial charge on any atom is 0.322 e. The summed E-state index contributed by atoms with van der Waals surface area (Å²) in [6.07, 6.45) is 4.14. The standard InChI is InChI=1S/C20H21N5O2/c1-2-27-15-8-6-14(7-9-15)24-20(26)25-12-10-16-18(23-13-22-16)19(25)17-5-3-4-11-21-17/h3-9,11,13,19H,2,10,12H2,1H3,(H,22,23)(H,24,26)/t19-/m1/s1. The third-order valence-electron chi connectivity index (χ3n) is 4.57. The Balaban J connectivity index is 1.58. The predicted molar refractivity (Wildman–Crippen MR) is 102 cm³/mol. The van der Waals surface area contributed by atoms with E-state index in [1.807, 2.05) is 49.4 Å². The number of fused-ring (bicyclic) bond motifs is 1. The lowest BCUT2D eigenvalue weighted by Crippen LogP contribution is -2.43. The van der Waals surface area contributed by atoms with Gasteiger partial charge in [-0.05, 0) is 43.3 Å². The number of nitrogens with zero attached hydrogens (tertiary/aromatic N) is 3. The zero-order valence-corrected chi connectivity index (χ0v) is 15.1. The molecule has 1 aromatic carbocycles. The first-order valence-electron chi connectivity index (χ1n) is 9.00. The van der Waals surface area contributed by atoms with E-state index >= 15 is 0 Å². The lowest BCUT2D eigenvalue weighted by molar-refractivity contribution is 0.191. The van der Waals surface area contributed by atoms with Crippen LogP contribution in [-0.4, -0.2) is 39.0 Å². The van der Waals surface area contributed by atoms with Gasteiger partial charge in [0.2, 0.25) is 0 Å². The van der Waals surface area contributed by atoms with Crippen LogP contribution < -0.4 is 10.1 Å². The number of aromatic nitrogens is 3. The fourth-order valence-corrected chi connectivity index (χ4v) is 3.33. The van der Waals surface area contributed by atoms with Gasteiger partial charge in [-0.3, -0.25) is 4.98 Å². The van der Waals surface area contributed by atoms with Crippen molar-refractivity contribution < 1.29 is 9.53 Å². The number of aromatic amines is 1. The van der Waals surface area contributed by atoms with Gasteiger partial charge in [0.1, 0.15) is 11.8 Å². The Kier molecular flexibility index (Phi) is 4.74. The molecule has 7 nitrogen and oxygen atoms in total. The van der Waals surface area contributed by atoms with Gasteiger partial charge in [0.25, 0.3) is 0 Å². The number of carbonyl (C=O) groups is 1. The number of benzene rings is 1. The minimum absolute atomic E-state index is 0.177. The number of ether oxygens (including phenoxy) is 1. The highest BCUT2D eigenvalue weighted by Crippen LogP contribution is 2.32. The highest BCUT2D eigenvalue weighted by atomic mass is 16.5. The van der Waals surface area contributed by atoms with Gasteiger partial charge in [-0.25, -0.2) is 9.78 Å². The fourth-order valence-electron chi connectivity index (χ4n) is 3.33. The van der Waals surface area contributed by atoms with Crippen LogP contribution in [0.25, 0.3) is 0 Å². The molecule has 1 aliphatic rings. The van der Waals surface area contributed by atoms with E-state index in [0.717, 1.165) is 34.9 Å². The third kappa shape index (κ3) is 3.48. The number of hydrogen-bond donors (Lipinski definition) is 2. The summed E-state index contributed by atoms with van der Waals surface area (Å²) in [6.45, 7) is 3.13. The Hall–Kier alpha value is -3.35. The van der Waals surface area contributed by atoms with Crippen LogP contribution in [0.2, 0.25) is 0 Å². The average molecular weight is 363 g/mol. The second-order valence-corrected chi connectivity index (χ2v) is 6.25. The molecule has 0 spiro atoms. The van der Waals surface area contributed by atoms with Gasteiger partial charge in [-0.2, -0.15) is 0 Å². The average Bonchev–Trinajstić information content (AvgIpc) is 3.18. The van der Waals surface area contributed by atoms with Crippen molar-refractivity contribution >= 4 is 11.7 Å². The maximum absolute atomic E-state index is 13.0. The van der Waals surface area contributed by atoms with Gasteiger partial charge >= 0.3 is 6.03 Å². The van der Waals surface area contributed by atoms with Gasteiger partial charge in [0, 0.05) is 30.5 Å². The molecule has 2 amide bonds. The van der Waals surface area contributed by atoms with Gasteiger partial charge in [0.15, 0.2) is 0 Å². The Labute approximate surface area is 157 Å². The second kappa shape index (κ2) is 7.49. The maximum atomic E-state index is 13.0. The summed E-state index contributed by atoms with van der Waals surface area (Å²) in [4.78, 5) is 26.9. The van der Waals surface area contributed by atoms with E-state index in [2.05, 4.69) is 20.3 Å². The van der Waals surface area contributed by atoms with Crippen LogP contribution in [0, 0.1) is 0 Å². The van der Waals surface area contributed by atoms with Gasteiger partial charge in [-0.1, -0.05) is 6.07 Å². The molecule has 0 saturated carbocycles. The molecule has 0 fully saturated rings. The molecule has 3 aromatic rings. The molecule has 1 aliphatic heterocycles. The first kappa shape index (κ1) is 17.1. The van der Waals surface area contributed by atoms with E-state index < -0.39 is 0 Å². The summed E-state index contributed by atoms with van der Waals surface area (Å²) in [5.74, 6) is 0.779. The lowest BCUT2D eigenvalue weighted by atomic mass is 10.00. The largest absolute Gasteiger partial charge is 0.494 e. The molecule has 4 rings (SSSR count). The molecule has 0 unspecified atom stereocenters. The highest BCUT2D eigenvalue weighted by Gasteiger charge is 2.34. The third-order valence-corrected chi connectivity index (χ3v) is 4.57. The summed E-state index contributed by atoms with van der Waals surface area (Å²) >= 11 is 0. The Morgan fingerprint density at radius 2 is 2.11 bits per heavy atom. The summed E-state index contributed by atoms with van der Waals surface area (Å²) < 4.78 is 5.44. The molecular weight excluding hydrogens is 342 g/mol. The van der Waals surface area contributed by atoms with Crippen LogP contribution in [0.3, 0.4) is 0 Å². The summed E-state index contributed by atoms with van der Waals surface area (Å²) in [5, 5.41) is 2.97. The number of rotatable bonds is 4. The molecule has 1 atom stereocenters. The number of amides is 2. The summed E-state index contributed by atoms with van der Waals surface area (Å²) in [6, 6.07) is 12.6. The Morgan fingerprint density at radius 3 is 2.85 bits per heavy atom. The molecule has 3 heterocycles. The van der Waals surface area contributed by atoms with Gasteiger partial charge in [-0.15, -0.1) is 0 Å². The zero-order chi connectivity index (χ0) is 18.6. The van der Waals surface area contributed by atoms with Crippen LogP contribution in [0.5, 0.6) is 5.75 Å². The van der Waals surface area contributed by atoms with Crippen LogP contribution in [0.1, 0.15) is 30.0 Å². The lowest BCUT2D eigenvalue weighted by Gasteiger charge is -2.34. The quantitative estimate of drug-likeness (QED) is 0.744. The topological polar surface area (TPSA) is 83.1 Å². The van der Waals surface area contributed by atoms with Crippen molar-refractivity contribution in [1.29, 1.82) is 0 Å². The van der Waals surface area contributed by atoms with Crippen molar-refractivity contribution in [3.05, 3.63) is 72.1 Å². The number of imidazole rings is 1. The van der Waals surface area contributed by atoms with E-state index in [-0.39, 0.29) is 12.1 Å². The molecule has 7 heteroatoms. The Bertz CT molecular complexity index is 908. The molecule has 2 aromatic heterocycles. The van der Waals surface area contributed by atoms with Crippen LogP contribution in [-0.2, 0) is 6.42 Å². The SMILES string of the molecule is CCOc1ccc(NC(=O)N2CCc3[nH]cnc3[C@H]2c2ccccn2)cc1. The van der Waals surface area contributed by atoms with Crippen molar-refractivity contribution in [3.8, 4) is 5.75 Å². The highest BCUT2D eigenvalue weighted by molar-refractivity contribution is 5.90. The number of H-pyrrole nitrogens is 1. The van der Waals surface area contributed by atoms with Crippen molar-refractivity contribution in [2.45, 2.75) is 19.4 Å². The van der Waals surface area contributed by atoms with Crippen LogP contribution in [0.4, 0.5) is 10.5 Å². The molecule has 0 saturated heterocycles. The van der Waals surface area contributed by atoms with Crippen molar-refractivity contribution in [2.75, 3.05) is 18.5 Å². The van der Waals surface area contributed by atoms with Gasteiger partial charge < -0.3 is 19.9 Å². The number of anilines is 1. The van der Waals surface area contributed by atoms with E-state index in [9.17, 15) is 4.79 Å². The molecule has 138 valence electrons. The molecule has 0 radical (unpaired) electrons. The number of urea groups is 1. The fraction of sp³-hybridized carbons (Fsp3) is 0.250. The summed E-state index contributed by atoms with van der Waals surface area (Å²) in [7, 11) is 0. The smallest absolute Gasteiger partial charge is 0.322 e. The Morgan fingerprint density at radius 1 is 1.26 bits per heavy atom. The molecule has 0 aliphatic carbocycles. The number of nitrogens with one attached hydrogen (secondary N) is 2. The van der Waals surface area contributed by atoms with E-state index in [1.165, 1.54) is 0 Å². The number of pyridine rings is 1. The number of carbonyl (C=O) groups excluding carboxylic acids is 1. The minimum Gasteiger partial charge on any atom is -0.494 e. The monoisotopic (exact) mass is 363 g/mol. The first-order valence-corrected chi connectivity index (χ1v) is 9.00. The minimum atomic E-state index is -0.316. The zero-order valence-electron chi connectivity index (χ0n) is 15.1.